The van der Waals surface area contributed by atoms with E-state index in [1.165, 1.54) is 0 Å². The summed E-state index contributed by atoms with van der Waals surface area (Å²) in [6.45, 7) is 8.73. The number of nitrogens with one attached hydrogen (secondary N) is 2. The summed E-state index contributed by atoms with van der Waals surface area (Å²) >= 11 is 5.85. The molecule has 2 N–H and O–H groups in total. The van der Waals surface area contributed by atoms with Crippen molar-refractivity contribution in [3.8, 4) is 0 Å². The molecule has 0 aliphatic rings. The fourth-order valence-corrected chi connectivity index (χ4v) is 3.02. The second-order valence-corrected chi connectivity index (χ2v) is 7.69. The highest BCUT2D eigenvalue weighted by atomic mass is 35.5. The number of benzene rings is 2. The molecule has 0 saturated carbocycles. The summed E-state index contributed by atoms with van der Waals surface area (Å²) in [7, 11) is 0. The standard InChI is InChI=1S/C22H27ClN2O2/c1-14(2)18-6-5-7-19(15(3)4)22(18)25-21(27)12-20(26)24-13-16-8-10-17(23)11-9-16/h5-11,14-15H,12-13H2,1-4H3,(H,24,26)(H,25,27). The van der Waals surface area contributed by atoms with E-state index >= 15 is 0 Å². The number of rotatable bonds is 7. The van der Waals surface area contributed by atoms with E-state index in [-0.39, 0.29) is 30.1 Å². The van der Waals surface area contributed by atoms with Crippen LogP contribution in [-0.2, 0) is 16.1 Å². The van der Waals surface area contributed by atoms with E-state index in [1.54, 1.807) is 12.1 Å². The maximum absolute atomic E-state index is 12.4. The molecule has 0 aliphatic carbocycles. The Morgan fingerprint density at radius 2 is 1.44 bits per heavy atom. The van der Waals surface area contributed by atoms with Crippen LogP contribution in [0.4, 0.5) is 5.69 Å². The van der Waals surface area contributed by atoms with E-state index in [1.807, 2.05) is 30.3 Å². The van der Waals surface area contributed by atoms with Crippen molar-refractivity contribution in [1.29, 1.82) is 0 Å². The van der Waals surface area contributed by atoms with E-state index in [9.17, 15) is 9.59 Å². The highest BCUT2D eigenvalue weighted by Gasteiger charge is 2.17. The summed E-state index contributed by atoms with van der Waals surface area (Å²) in [5.41, 5.74) is 3.92. The van der Waals surface area contributed by atoms with Crippen molar-refractivity contribution >= 4 is 29.1 Å². The molecule has 2 aromatic rings. The van der Waals surface area contributed by atoms with Gasteiger partial charge in [-0.2, -0.15) is 0 Å². The molecule has 144 valence electrons. The molecule has 2 aromatic carbocycles. The lowest BCUT2D eigenvalue weighted by Gasteiger charge is -2.20. The fraction of sp³-hybridized carbons (Fsp3) is 0.364. The number of amides is 2. The number of para-hydroxylation sites is 1. The SMILES string of the molecule is CC(C)c1cccc(C(C)C)c1NC(=O)CC(=O)NCc1ccc(Cl)cc1. The third kappa shape index (κ3) is 6.10. The molecular formula is C22H27ClN2O2. The van der Waals surface area contributed by atoms with Crippen molar-refractivity contribution in [2.24, 2.45) is 0 Å². The first-order chi connectivity index (χ1) is 12.8. The van der Waals surface area contributed by atoms with Crippen LogP contribution < -0.4 is 10.6 Å². The van der Waals surface area contributed by atoms with E-state index < -0.39 is 0 Å². The average Bonchev–Trinajstić information content (AvgIpc) is 2.60. The fourth-order valence-electron chi connectivity index (χ4n) is 2.89. The second-order valence-electron chi connectivity index (χ2n) is 7.25. The Kier molecular flexibility index (Phi) is 7.43. The Balaban J connectivity index is 2.00. The zero-order chi connectivity index (χ0) is 20.0. The monoisotopic (exact) mass is 386 g/mol. The molecule has 0 heterocycles. The molecule has 5 heteroatoms. The van der Waals surface area contributed by atoms with Gasteiger partial charge >= 0.3 is 0 Å². The van der Waals surface area contributed by atoms with Gasteiger partial charge < -0.3 is 10.6 Å². The van der Waals surface area contributed by atoms with Crippen molar-refractivity contribution in [3.63, 3.8) is 0 Å². The second kappa shape index (κ2) is 9.56. The molecule has 2 amide bonds. The Bertz CT molecular complexity index is 772. The summed E-state index contributed by atoms with van der Waals surface area (Å²) in [5.74, 6) is -0.0651. The predicted octanol–water partition coefficient (Wildman–Crippen LogP) is 5.23. The molecular weight excluding hydrogens is 360 g/mol. The van der Waals surface area contributed by atoms with Crippen LogP contribution in [-0.4, -0.2) is 11.8 Å². The van der Waals surface area contributed by atoms with Gasteiger partial charge in [0.1, 0.15) is 6.42 Å². The average molecular weight is 387 g/mol. The van der Waals surface area contributed by atoms with Crippen LogP contribution in [0.3, 0.4) is 0 Å². The first-order valence-electron chi connectivity index (χ1n) is 9.21. The smallest absolute Gasteiger partial charge is 0.233 e. The predicted molar refractivity (Wildman–Crippen MR) is 111 cm³/mol. The van der Waals surface area contributed by atoms with Crippen LogP contribution >= 0.6 is 11.6 Å². The van der Waals surface area contributed by atoms with Crippen molar-refractivity contribution in [3.05, 3.63) is 64.2 Å². The Labute approximate surface area is 166 Å². The van der Waals surface area contributed by atoms with Gasteiger partial charge in [0.25, 0.3) is 0 Å². The van der Waals surface area contributed by atoms with Crippen molar-refractivity contribution in [2.75, 3.05) is 5.32 Å². The lowest BCUT2D eigenvalue weighted by Crippen LogP contribution is -2.28. The normalized spacial score (nSPS) is 10.9. The number of hydrogen-bond donors (Lipinski definition) is 2. The van der Waals surface area contributed by atoms with Crippen LogP contribution in [0.1, 0.15) is 62.6 Å². The molecule has 0 spiro atoms. The zero-order valence-corrected chi connectivity index (χ0v) is 17.1. The largest absolute Gasteiger partial charge is 0.352 e. The van der Waals surface area contributed by atoms with Crippen LogP contribution in [0.25, 0.3) is 0 Å². The van der Waals surface area contributed by atoms with Crippen molar-refractivity contribution in [1.82, 2.24) is 5.32 Å². The third-order valence-electron chi connectivity index (χ3n) is 4.36. The topological polar surface area (TPSA) is 58.2 Å². The molecule has 0 saturated heterocycles. The lowest BCUT2D eigenvalue weighted by atomic mass is 9.92. The molecule has 0 fully saturated rings. The van der Waals surface area contributed by atoms with Gasteiger partial charge in [-0.3, -0.25) is 9.59 Å². The van der Waals surface area contributed by atoms with Crippen LogP contribution in [0.2, 0.25) is 5.02 Å². The van der Waals surface area contributed by atoms with E-state index in [0.29, 0.717) is 11.6 Å². The lowest BCUT2D eigenvalue weighted by molar-refractivity contribution is -0.126. The van der Waals surface area contributed by atoms with Gasteiger partial charge in [-0.1, -0.05) is 69.6 Å². The number of halogens is 1. The number of carbonyl (C=O) groups is 2. The minimum absolute atomic E-state index is 0.211. The van der Waals surface area contributed by atoms with E-state index in [0.717, 1.165) is 22.4 Å². The van der Waals surface area contributed by atoms with Crippen LogP contribution in [0.15, 0.2) is 42.5 Å². The maximum atomic E-state index is 12.4. The highest BCUT2D eigenvalue weighted by Crippen LogP contribution is 2.32. The van der Waals surface area contributed by atoms with Crippen molar-refractivity contribution in [2.45, 2.75) is 52.5 Å². The summed E-state index contributed by atoms with van der Waals surface area (Å²) in [6, 6.07) is 13.3. The zero-order valence-electron chi connectivity index (χ0n) is 16.3. The van der Waals surface area contributed by atoms with Gasteiger partial charge in [-0.15, -0.1) is 0 Å². The van der Waals surface area contributed by atoms with Gasteiger partial charge in [0.2, 0.25) is 11.8 Å². The minimum Gasteiger partial charge on any atom is -0.352 e. The molecule has 0 aliphatic heterocycles. The molecule has 27 heavy (non-hydrogen) atoms. The first kappa shape index (κ1) is 21.0. The van der Waals surface area contributed by atoms with Gasteiger partial charge in [0.15, 0.2) is 0 Å². The van der Waals surface area contributed by atoms with Gasteiger partial charge in [-0.25, -0.2) is 0 Å². The molecule has 0 radical (unpaired) electrons. The summed E-state index contributed by atoms with van der Waals surface area (Å²) < 4.78 is 0. The third-order valence-corrected chi connectivity index (χ3v) is 4.61. The number of anilines is 1. The van der Waals surface area contributed by atoms with Gasteiger partial charge in [0.05, 0.1) is 0 Å². The van der Waals surface area contributed by atoms with Crippen LogP contribution in [0.5, 0.6) is 0 Å². The van der Waals surface area contributed by atoms with Gasteiger partial charge in [-0.05, 0) is 40.7 Å². The molecule has 0 bridgehead atoms. The Morgan fingerprint density at radius 1 is 0.889 bits per heavy atom. The minimum atomic E-state index is -0.310. The highest BCUT2D eigenvalue weighted by molar-refractivity contribution is 6.30. The molecule has 0 unspecified atom stereocenters. The van der Waals surface area contributed by atoms with E-state index in [2.05, 4.69) is 38.3 Å². The summed E-state index contributed by atoms with van der Waals surface area (Å²) in [4.78, 5) is 24.6. The summed E-state index contributed by atoms with van der Waals surface area (Å²) in [6.07, 6.45) is -0.211. The number of hydrogen-bond acceptors (Lipinski definition) is 2. The molecule has 0 aromatic heterocycles. The molecule has 0 atom stereocenters. The maximum Gasteiger partial charge on any atom is 0.233 e. The summed E-state index contributed by atoms with van der Waals surface area (Å²) in [5, 5.41) is 6.38. The quantitative estimate of drug-likeness (QED) is 0.640. The Morgan fingerprint density at radius 3 is 1.96 bits per heavy atom. The van der Waals surface area contributed by atoms with E-state index in [4.69, 9.17) is 11.6 Å². The number of carbonyl (C=O) groups excluding carboxylic acids is 2. The Hall–Kier alpha value is -2.33. The molecule has 4 nitrogen and oxygen atoms in total. The molecule has 2 rings (SSSR count). The van der Waals surface area contributed by atoms with Crippen molar-refractivity contribution < 1.29 is 9.59 Å². The van der Waals surface area contributed by atoms with Crippen LogP contribution in [0, 0.1) is 0 Å². The van der Waals surface area contributed by atoms with Gasteiger partial charge in [0, 0.05) is 17.3 Å². The first-order valence-corrected chi connectivity index (χ1v) is 9.59.